The number of thiophene rings is 1. The van der Waals surface area contributed by atoms with Gasteiger partial charge in [0.15, 0.2) is 0 Å². The molecule has 0 fully saturated rings. The van der Waals surface area contributed by atoms with Crippen LogP contribution in [0.25, 0.3) is 0 Å². The summed E-state index contributed by atoms with van der Waals surface area (Å²) in [6, 6.07) is 2.15. The molecule has 1 atom stereocenters. The smallest absolute Gasteiger partial charge is 0.439 e. The first kappa shape index (κ1) is 24.1. The van der Waals surface area contributed by atoms with Crippen LogP contribution >= 0.6 is 19.1 Å². The quantitative estimate of drug-likeness (QED) is 0.416. The third-order valence-corrected chi connectivity index (χ3v) is 8.93. The molecular weight excluding hydrogens is 434 g/mol. The van der Waals surface area contributed by atoms with E-state index in [1.165, 1.54) is 25.3 Å². The van der Waals surface area contributed by atoms with Crippen LogP contribution in [0.5, 0.6) is 0 Å². The van der Waals surface area contributed by atoms with Crippen molar-refractivity contribution in [1.82, 2.24) is 0 Å². The van der Waals surface area contributed by atoms with Gasteiger partial charge >= 0.3 is 24.8 Å². The minimum absolute atomic E-state index is 0.209. The van der Waals surface area contributed by atoms with E-state index in [0.29, 0.717) is 18.4 Å². The number of alkyl halides is 3. The summed E-state index contributed by atoms with van der Waals surface area (Å²) < 4.78 is 90.1. The molecule has 0 spiro atoms. The Morgan fingerprint density at radius 1 is 1.22 bits per heavy atom. The van der Waals surface area contributed by atoms with Crippen molar-refractivity contribution in [2.24, 2.45) is 4.74 Å². The number of hydrogen-bond acceptors (Lipinski definition) is 9. The van der Waals surface area contributed by atoms with Crippen LogP contribution in [0, 0.1) is 0 Å². The van der Waals surface area contributed by atoms with E-state index in [2.05, 4.69) is 9.48 Å². The van der Waals surface area contributed by atoms with Crippen LogP contribution in [0.1, 0.15) is 13.8 Å². The lowest BCUT2D eigenvalue weighted by atomic mass is 10.3. The molecule has 0 N–H and O–H groups in total. The molecule has 27 heavy (non-hydrogen) atoms. The maximum atomic E-state index is 14.1. The number of sulfone groups is 1. The summed E-state index contributed by atoms with van der Waals surface area (Å²) in [4.78, 5) is 7.94. The lowest BCUT2D eigenvalue weighted by Gasteiger charge is -2.31. The molecule has 0 aromatic carbocycles. The van der Waals surface area contributed by atoms with Gasteiger partial charge in [0.05, 0.1) is 20.3 Å². The summed E-state index contributed by atoms with van der Waals surface area (Å²) in [5.74, 6) is -2.15. The van der Waals surface area contributed by atoms with E-state index in [0.717, 1.165) is 13.2 Å². The number of hydrogen-bond donors (Lipinski definition) is 0. The molecule has 0 bridgehead atoms. The van der Waals surface area contributed by atoms with Crippen molar-refractivity contribution >= 4 is 34.9 Å². The fourth-order valence-corrected chi connectivity index (χ4v) is 7.01. The van der Waals surface area contributed by atoms with Gasteiger partial charge in [-0.15, -0.1) is 11.3 Å². The van der Waals surface area contributed by atoms with Crippen LogP contribution in [0.3, 0.4) is 0 Å². The summed E-state index contributed by atoms with van der Waals surface area (Å²) in [7, 11) is -8.09. The minimum Gasteiger partial charge on any atom is -0.466 e. The fraction of sp³-hybridized carbons (Fsp3) is 0.615. The van der Waals surface area contributed by atoms with Crippen molar-refractivity contribution in [3.05, 3.63) is 17.5 Å². The Morgan fingerprint density at radius 3 is 2.11 bits per heavy atom. The first-order valence-electron chi connectivity index (χ1n) is 7.39. The molecule has 0 aliphatic rings. The van der Waals surface area contributed by atoms with E-state index >= 15 is 0 Å². The molecule has 0 saturated heterocycles. The molecule has 1 heterocycles. The lowest BCUT2D eigenvalue weighted by Crippen LogP contribution is -2.56. The van der Waals surface area contributed by atoms with E-state index in [1.54, 1.807) is 0 Å². The van der Waals surface area contributed by atoms with Crippen molar-refractivity contribution in [2.45, 2.75) is 29.1 Å². The van der Waals surface area contributed by atoms with Crippen LogP contribution in [-0.2, 0) is 32.9 Å². The summed E-state index contributed by atoms with van der Waals surface area (Å²) in [6.45, 7) is 2.42. The van der Waals surface area contributed by atoms with E-state index in [9.17, 15) is 26.4 Å². The van der Waals surface area contributed by atoms with Gasteiger partial charge in [0.1, 0.15) is 4.21 Å². The van der Waals surface area contributed by atoms with Gasteiger partial charge in [-0.3, -0.25) is 0 Å². The summed E-state index contributed by atoms with van der Waals surface area (Å²) in [5, 5.41) is 1.25. The Labute approximate surface area is 158 Å². The Bertz CT molecular complexity index is 785. The molecular formula is C13H19F3NO7PS2. The van der Waals surface area contributed by atoms with Gasteiger partial charge in [-0.2, -0.15) is 17.9 Å². The van der Waals surface area contributed by atoms with E-state index in [-0.39, 0.29) is 13.2 Å². The highest BCUT2D eigenvalue weighted by Crippen LogP contribution is 2.58. The predicted octanol–water partition coefficient (Wildman–Crippen LogP) is 3.62. The number of halogens is 3. The van der Waals surface area contributed by atoms with Gasteiger partial charge in [0, 0.05) is 7.11 Å². The second-order valence-electron chi connectivity index (χ2n) is 4.66. The number of nitrogens with zero attached hydrogens (tertiary/aromatic N) is 1. The first-order valence-corrected chi connectivity index (χ1v) is 11.2. The van der Waals surface area contributed by atoms with Crippen LogP contribution in [0.4, 0.5) is 13.2 Å². The van der Waals surface area contributed by atoms with Crippen molar-refractivity contribution in [3.63, 3.8) is 0 Å². The molecule has 1 aromatic heterocycles. The summed E-state index contributed by atoms with van der Waals surface area (Å²) in [6.07, 6.45) is -5.69. The van der Waals surface area contributed by atoms with Crippen molar-refractivity contribution in [3.8, 4) is 0 Å². The molecule has 0 aliphatic heterocycles. The second kappa shape index (κ2) is 9.01. The van der Waals surface area contributed by atoms with Gasteiger partial charge in [-0.25, -0.2) is 13.2 Å². The van der Waals surface area contributed by atoms with Gasteiger partial charge in [-0.1, -0.05) is 6.07 Å². The Morgan fingerprint density at radius 2 is 1.78 bits per heavy atom. The van der Waals surface area contributed by atoms with E-state index in [4.69, 9.17) is 13.6 Å². The number of methoxy groups -OCH3 is 1. The van der Waals surface area contributed by atoms with Crippen LogP contribution in [0.15, 0.2) is 26.5 Å². The number of esters is 1. The van der Waals surface area contributed by atoms with Crippen molar-refractivity contribution in [2.75, 3.05) is 27.4 Å². The highest BCUT2D eigenvalue weighted by atomic mass is 32.2. The van der Waals surface area contributed by atoms with Crippen LogP contribution in [-0.4, -0.2) is 52.9 Å². The number of carbonyl (C=O) groups excluding carboxylic acids is 1. The highest BCUT2D eigenvalue weighted by molar-refractivity contribution is 7.95. The standard InChI is InChI=1S/C13H19F3NO7PS2/c1-5-23-25(22-4,24-6-2)17-12(11(18)21-3,13(14,15)16)27(19,20)10-8-7-9-26-10/h7-9H,5-6H2,1-4H3. The highest BCUT2D eigenvalue weighted by Gasteiger charge is 2.73. The monoisotopic (exact) mass is 453 g/mol. The summed E-state index contributed by atoms with van der Waals surface area (Å²) >= 11 is 0.495. The third-order valence-electron chi connectivity index (χ3n) is 3.07. The number of ether oxygens (including phenoxy) is 1. The SMILES string of the molecule is CCOP(=NC(C(=O)OC)(C(F)(F)F)S(=O)(=O)c1cccs1)(OC)OCC. The van der Waals surface area contributed by atoms with Crippen molar-refractivity contribution in [1.29, 1.82) is 0 Å². The van der Waals surface area contributed by atoms with Gasteiger partial charge < -0.3 is 18.3 Å². The molecule has 156 valence electrons. The van der Waals surface area contributed by atoms with Crippen LogP contribution < -0.4 is 0 Å². The molecule has 0 aliphatic carbocycles. The van der Waals surface area contributed by atoms with Gasteiger partial charge in [-0.05, 0) is 25.3 Å². The summed E-state index contributed by atoms with van der Waals surface area (Å²) in [5.41, 5.74) is 0. The van der Waals surface area contributed by atoms with Crippen LogP contribution in [0.2, 0.25) is 0 Å². The molecule has 8 nitrogen and oxygen atoms in total. The maximum absolute atomic E-state index is 14.1. The van der Waals surface area contributed by atoms with Crippen molar-refractivity contribution < 1.29 is 44.7 Å². The topological polar surface area (TPSA) is 100 Å². The molecule has 0 saturated carbocycles. The fourth-order valence-electron chi connectivity index (χ4n) is 1.97. The molecule has 1 unspecified atom stereocenters. The zero-order valence-corrected chi connectivity index (χ0v) is 17.4. The maximum Gasteiger partial charge on any atom is 0.439 e. The zero-order chi connectivity index (χ0) is 20.9. The Hall–Kier alpha value is -0.980. The molecule has 1 rings (SSSR count). The third kappa shape index (κ3) is 4.38. The minimum atomic E-state index is -5.69. The van der Waals surface area contributed by atoms with E-state index in [1.807, 2.05) is 0 Å². The van der Waals surface area contributed by atoms with E-state index < -0.39 is 38.8 Å². The normalized spacial score (nSPS) is 15.2. The predicted molar refractivity (Wildman–Crippen MR) is 91.9 cm³/mol. The molecule has 14 heteroatoms. The van der Waals surface area contributed by atoms with Gasteiger partial charge in [0.2, 0.25) is 9.84 Å². The first-order chi connectivity index (χ1) is 12.5. The molecule has 0 radical (unpaired) electrons. The number of carbonyl (C=O) groups is 1. The average molecular weight is 453 g/mol. The van der Waals surface area contributed by atoms with Gasteiger partial charge in [0.25, 0.3) is 0 Å². The Kier molecular flexibility index (Phi) is 8.03. The largest absolute Gasteiger partial charge is 0.466 e. The second-order valence-corrected chi connectivity index (χ2v) is 9.92. The zero-order valence-electron chi connectivity index (χ0n) is 14.8. The molecule has 1 aromatic rings. The molecule has 0 amide bonds. The lowest BCUT2D eigenvalue weighted by molar-refractivity contribution is -0.185. The number of rotatable bonds is 9. The average Bonchev–Trinajstić information content (AvgIpc) is 3.13. The Balaban J connectivity index is 4.05.